The lowest BCUT2D eigenvalue weighted by atomic mass is 9.95. The first-order valence-electron chi connectivity index (χ1n) is 6.67. The van der Waals surface area contributed by atoms with Crippen molar-refractivity contribution in [3.8, 4) is 0 Å². The summed E-state index contributed by atoms with van der Waals surface area (Å²) in [7, 11) is 1.44. The van der Waals surface area contributed by atoms with Crippen molar-refractivity contribution in [1.82, 2.24) is 4.98 Å². The van der Waals surface area contributed by atoms with E-state index in [9.17, 15) is 18.0 Å². The van der Waals surface area contributed by atoms with E-state index in [0.29, 0.717) is 24.2 Å². The highest BCUT2D eigenvalue weighted by atomic mass is 32.1. The second-order valence-electron chi connectivity index (χ2n) is 5.11. The Kier molecular flexibility index (Phi) is 4.57. The van der Waals surface area contributed by atoms with E-state index in [1.165, 1.54) is 7.11 Å². The van der Waals surface area contributed by atoms with Crippen molar-refractivity contribution >= 4 is 17.3 Å². The lowest BCUT2D eigenvalue weighted by Crippen LogP contribution is -2.28. The molecule has 8 heteroatoms. The highest BCUT2D eigenvalue weighted by molar-refractivity contribution is 7.13. The lowest BCUT2D eigenvalue weighted by molar-refractivity contribution is -0.141. The monoisotopic (exact) mass is 323 g/mol. The van der Waals surface area contributed by atoms with Gasteiger partial charge in [-0.1, -0.05) is 25.7 Å². The quantitative estimate of drug-likeness (QED) is 0.852. The first-order valence-corrected chi connectivity index (χ1v) is 7.49. The molecule has 0 atom stereocenters. The van der Waals surface area contributed by atoms with Crippen molar-refractivity contribution in [2.24, 2.45) is 0 Å². The molecule has 1 N–H and O–H groups in total. The molecule has 0 saturated heterocycles. The number of nitrogens with zero attached hydrogens (tertiary/aromatic N) is 1. The Morgan fingerprint density at radius 3 is 2.24 bits per heavy atom. The van der Waals surface area contributed by atoms with Crippen molar-refractivity contribution in [2.45, 2.75) is 50.3 Å². The van der Waals surface area contributed by atoms with Crippen LogP contribution in [0.3, 0.4) is 0 Å². The number of thiazole rings is 1. The molecule has 0 aromatic carbocycles. The van der Waals surface area contributed by atoms with Gasteiger partial charge in [0.25, 0.3) is 0 Å². The van der Waals surface area contributed by atoms with Crippen LogP contribution in [0.4, 0.5) is 13.2 Å². The predicted octanol–water partition coefficient (Wildman–Crippen LogP) is 4.06. The maximum absolute atomic E-state index is 12.9. The van der Waals surface area contributed by atoms with Gasteiger partial charge >= 0.3 is 12.1 Å². The summed E-state index contributed by atoms with van der Waals surface area (Å²) in [5.41, 5.74) is -2.22. The van der Waals surface area contributed by atoms with E-state index < -0.39 is 28.3 Å². The molecule has 21 heavy (non-hydrogen) atoms. The zero-order valence-corrected chi connectivity index (χ0v) is 12.3. The normalized spacial score (nSPS) is 19.2. The number of hydrogen-bond acceptors (Lipinski definition) is 4. The molecular formula is C13H16F3NO3S. The Balaban J connectivity index is 2.49. The number of aromatic carboxylic acids is 1. The number of aromatic nitrogens is 1. The molecular weight excluding hydrogens is 307 g/mol. The number of halogens is 3. The van der Waals surface area contributed by atoms with E-state index in [4.69, 9.17) is 9.84 Å². The smallest absolute Gasteiger partial charge is 0.435 e. The fraction of sp³-hybridized carbons (Fsp3) is 0.692. The maximum Gasteiger partial charge on any atom is 0.435 e. The highest BCUT2D eigenvalue weighted by Gasteiger charge is 2.44. The highest BCUT2D eigenvalue weighted by Crippen LogP contribution is 2.44. The number of methoxy groups -OCH3 is 1. The standard InChI is InChI=1S/C13H16F3NO3S/c1-20-12(6-4-2-3-5-7-12)11-17-9(13(14,15)16)8(21-11)10(18)19/h2-7H2,1H3,(H,18,19). The number of rotatable bonds is 3. The third-order valence-electron chi connectivity index (χ3n) is 3.78. The Morgan fingerprint density at radius 2 is 1.86 bits per heavy atom. The zero-order valence-electron chi connectivity index (χ0n) is 11.5. The van der Waals surface area contributed by atoms with Crippen LogP contribution in [0, 0.1) is 0 Å². The van der Waals surface area contributed by atoms with Crippen molar-refractivity contribution in [3.05, 3.63) is 15.6 Å². The molecule has 0 aliphatic heterocycles. The summed E-state index contributed by atoms with van der Waals surface area (Å²) in [6, 6.07) is 0. The van der Waals surface area contributed by atoms with E-state index in [-0.39, 0.29) is 5.01 Å². The summed E-state index contributed by atoms with van der Waals surface area (Å²) in [5, 5.41) is 9.10. The summed E-state index contributed by atoms with van der Waals surface area (Å²) >= 11 is 0.578. The van der Waals surface area contributed by atoms with Gasteiger partial charge in [-0.15, -0.1) is 11.3 Å². The summed E-state index contributed by atoms with van der Waals surface area (Å²) in [5.74, 6) is -1.61. The molecule has 0 radical (unpaired) electrons. The van der Waals surface area contributed by atoms with E-state index in [2.05, 4.69) is 4.98 Å². The molecule has 1 aromatic rings. The Morgan fingerprint density at radius 1 is 1.29 bits per heavy atom. The molecule has 2 rings (SSSR count). The van der Waals surface area contributed by atoms with Crippen molar-refractivity contribution in [2.75, 3.05) is 7.11 Å². The van der Waals surface area contributed by atoms with Crippen LogP contribution >= 0.6 is 11.3 Å². The predicted molar refractivity (Wildman–Crippen MR) is 70.5 cm³/mol. The van der Waals surface area contributed by atoms with E-state index in [1.54, 1.807) is 0 Å². The SMILES string of the molecule is COC1(c2nc(C(F)(F)F)c(C(=O)O)s2)CCCCCC1. The molecule has 0 amide bonds. The number of hydrogen-bond donors (Lipinski definition) is 1. The fourth-order valence-corrected chi connectivity index (χ4v) is 3.81. The molecule has 118 valence electrons. The first kappa shape index (κ1) is 16.2. The molecule has 0 spiro atoms. The zero-order chi connectivity index (χ0) is 15.7. The molecule has 1 aliphatic carbocycles. The van der Waals surface area contributed by atoms with Crippen LogP contribution in [0.5, 0.6) is 0 Å². The van der Waals surface area contributed by atoms with Crippen LogP contribution in [-0.2, 0) is 16.5 Å². The van der Waals surface area contributed by atoms with Gasteiger partial charge in [0, 0.05) is 7.11 Å². The maximum atomic E-state index is 12.9. The molecule has 0 bridgehead atoms. The number of carbonyl (C=O) groups is 1. The lowest BCUT2D eigenvalue weighted by Gasteiger charge is -2.29. The van der Waals surface area contributed by atoms with Gasteiger partial charge in [-0.2, -0.15) is 13.2 Å². The number of carboxylic acid groups (broad SMARTS) is 1. The molecule has 0 unspecified atom stereocenters. The molecule has 4 nitrogen and oxygen atoms in total. The summed E-state index contributed by atoms with van der Waals surface area (Å²) in [6.07, 6.45) is 0.0000266. The average Bonchev–Trinajstić information content (AvgIpc) is 2.73. The van der Waals surface area contributed by atoms with Crippen molar-refractivity contribution in [3.63, 3.8) is 0 Å². The summed E-state index contributed by atoms with van der Waals surface area (Å²) < 4.78 is 44.3. The number of ether oxygens (including phenoxy) is 1. The number of carboxylic acids is 1. The van der Waals surface area contributed by atoms with Crippen LogP contribution in [0.1, 0.15) is 58.9 Å². The van der Waals surface area contributed by atoms with E-state index in [1.807, 2.05) is 0 Å². The summed E-state index contributed by atoms with van der Waals surface area (Å²) in [6.45, 7) is 0. The van der Waals surface area contributed by atoms with Gasteiger partial charge in [-0.3, -0.25) is 0 Å². The molecule has 1 aliphatic rings. The van der Waals surface area contributed by atoms with Crippen LogP contribution in [0.25, 0.3) is 0 Å². The first-order chi connectivity index (χ1) is 9.80. The van der Waals surface area contributed by atoms with Crippen molar-refractivity contribution < 1.29 is 27.8 Å². The topological polar surface area (TPSA) is 59.4 Å². The minimum Gasteiger partial charge on any atom is -0.477 e. The van der Waals surface area contributed by atoms with E-state index in [0.717, 1.165) is 25.7 Å². The van der Waals surface area contributed by atoms with Gasteiger partial charge < -0.3 is 9.84 Å². The van der Waals surface area contributed by atoms with Crippen LogP contribution in [0.2, 0.25) is 0 Å². The molecule has 1 heterocycles. The second-order valence-corrected chi connectivity index (χ2v) is 6.11. The number of alkyl halides is 3. The van der Waals surface area contributed by atoms with Gasteiger partial charge in [-0.25, -0.2) is 9.78 Å². The third kappa shape index (κ3) is 3.21. The molecule has 1 saturated carbocycles. The van der Waals surface area contributed by atoms with Crippen LogP contribution in [-0.4, -0.2) is 23.2 Å². The minimum atomic E-state index is -4.78. The molecule has 1 fully saturated rings. The van der Waals surface area contributed by atoms with Crippen LogP contribution in [0.15, 0.2) is 0 Å². The van der Waals surface area contributed by atoms with Gasteiger partial charge in [0.2, 0.25) is 0 Å². The van der Waals surface area contributed by atoms with Crippen LogP contribution < -0.4 is 0 Å². The Hall–Kier alpha value is -1.15. The fourth-order valence-electron chi connectivity index (χ4n) is 2.66. The third-order valence-corrected chi connectivity index (χ3v) is 5.01. The summed E-state index contributed by atoms with van der Waals surface area (Å²) in [4.78, 5) is 13.9. The van der Waals surface area contributed by atoms with Crippen molar-refractivity contribution in [1.29, 1.82) is 0 Å². The minimum absolute atomic E-state index is 0.122. The van der Waals surface area contributed by atoms with Gasteiger partial charge in [-0.05, 0) is 12.8 Å². The van der Waals surface area contributed by atoms with Gasteiger partial charge in [0.05, 0.1) is 0 Å². The largest absolute Gasteiger partial charge is 0.477 e. The second kappa shape index (κ2) is 5.92. The average molecular weight is 323 g/mol. The van der Waals surface area contributed by atoms with E-state index >= 15 is 0 Å². The molecule has 1 aromatic heterocycles. The Bertz CT molecular complexity index is 519. The Labute approximate surface area is 124 Å². The van der Waals surface area contributed by atoms with Gasteiger partial charge in [0.1, 0.15) is 15.5 Å². The van der Waals surface area contributed by atoms with Gasteiger partial charge in [0.15, 0.2) is 5.69 Å².